The average Bonchev–Trinajstić information content (AvgIpc) is 3.39. The van der Waals surface area contributed by atoms with Gasteiger partial charge in [-0.3, -0.25) is 9.59 Å². The van der Waals surface area contributed by atoms with E-state index in [1.54, 1.807) is 12.1 Å². The van der Waals surface area contributed by atoms with Crippen molar-refractivity contribution < 1.29 is 4.79 Å². The van der Waals surface area contributed by atoms with Crippen LogP contribution in [0.1, 0.15) is 34.3 Å². The Morgan fingerprint density at radius 3 is 2.69 bits per heavy atom. The van der Waals surface area contributed by atoms with Crippen LogP contribution in [0.4, 0.5) is 17.2 Å². The molecule has 0 bridgehead atoms. The molecule has 2 aromatic rings. The number of aliphatic imine (C=N–C) groups is 1. The number of allylic oxidation sites excluding steroid dienone is 2. The molecule has 7 nitrogen and oxygen atoms in total. The van der Waals surface area contributed by atoms with Gasteiger partial charge in [-0.2, -0.15) is 0 Å². The number of hydrogen-bond acceptors (Lipinski definition) is 5. The number of anilines is 2. The van der Waals surface area contributed by atoms with Crippen molar-refractivity contribution >= 4 is 28.8 Å². The molecule has 178 valence electrons. The summed E-state index contributed by atoms with van der Waals surface area (Å²) in [6.45, 7) is 2.09. The van der Waals surface area contributed by atoms with Crippen LogP contribution >= 0.6 is 0 Å². The van der Waals surface area contributed by atoms with E-state index in [0.29, 0.717) is 34.8 Å². The van der Waals surface area contributed by atoms with E-state index in [1.807, 2.05) is 66.9 Å². The Kier molecular flexibility index (Phi) is 5.65. The number of nitrogens with zero attached hydrogens (tertiary/aromatic N) is 3. The second kappa shape index (κ2) is 9.26. The largest absolute Gasteiger partial charge is 0.370 e. The number of nitrogens with one attached hydrogen (secondary N) is 2. The molecule has 1 aliphatic carbocycles. The van der Waals surface area contributed by atoms with Crippen molar-refractivity contribution in [1.29, 1.82) is 0 Å². The van der Waals surface area contributed by atoms with Gasteiger partial charge in [0.15, 0.2) is 0 Å². The maximum atomic E-state index is 13.0. The van der Waals surface area contributed by atoms with Crippen LogP contribution in [-0.2, 0) is 6.42 Å². The van der Waals surface area contributed by atoms with Crippen molar-refractivity contribution in [2.45, 2.75) is 19.3 Å². The molecule has 6 rings (SSSR count). The van der Waals surface area contributed by atoms with Gasteiger partial charge < -0.3 is 15.2 Å². The highest BCUT2D eigenvalue weighted by atomic mass is 16.1. The second-order valence-electron chi connectivity index (χ2n) is 9.06. The van der Waals surface area contributed by atoms with Crippen LogP contribution in [0.25, 0.3) is 11.3 Å². The second-order valence-corrected chi connectivity index (χ2v) is 9.06. The zero-order chi connectivity index (χ0) is 24.5. The van der Waals surface area contributed by atoms with Crippen LogP contribution in [-0.4, -0.2) is 34.7 Å². The molecule has 1 fully saturated rings. The molecular formula is C29H25N5O2. The van der Waals surface area contributed by atoms with Gasteiger partial charge in [0, 0.05) is 29.9 Å². The first-order chi connectivity index (χ1) is 17.7. The third-order valence-electron chi connectivity index (χ3n) is 6.70. The molecule has 4 aliphatic rings. The number of H-pyrrole nitrogens is 1. The monoisotopic (exact) mass is 475 g/mol. The molecule has 7 heteroatoms. The molecule has 0 radical (unpaired) electrons. The molecule has 1 aromatic heterocycles. The Morgan fingerprint density at radius 1 is 1.00 bits per heavy atom. The molecule has 0 spiro atoms. The topological polar surface area (TPSA) is 90.4 Å². The number of aromatic nitrogens is 2. The van der Waals surface area contributed by atoms with Crippen LogP contribution in [0.5, 0.6) is 0 Å². The number of amides is 1. The lowest BCUT2D eigenvalue weighted by Gasteiger charge is -2.17. The average molecular weight is 476 g/mol. The zero-order valence-corrected chi connectivity index (χ0v) is 19.7. The molecule has 0 unspecified atom stereocenters. The molecule has 2 N–H and O–H groups in total. The van der Waals surface area contributed by atoms with Crippen LogP contribution in [0, 0.1) is 0 Å². The van der Waals surface area contributed by atoms with Gasteiger partial charge in [-0.1, -0.05) is 36.4 Å². The molecule has 1 saturated heterocycles. The van der Waals surface area contributed by atoms with Gasteiger partial charge in [-0.25, -0.2) is 9.98 Å². The fourth-order valence-corrected chi connectivity index (χ4v) is 4.83. The van der Waals surface area contributed by atoms with Gasteiger partial charge in [-0.15, -0.1) is 0 Å². The predicted molar refractivity (Wildman–Crippen MR) is 143 cm³/mol. The van der Waals surface area contributed by atoms with E-state index in [-0.39, 0.29) is 11.5 Å². The number of carbonyl (C=O) groups is 1. The molecule has 4 heterocycles. The van der Waals surface area contributed by atoms with Gasteiger partial charge in [0.2, 0.25) is 0 Å². The van der Waals surface area contributed by atoms with Gasteiger partial charge in [0.1, 0.15) is 5.82 Å². The van der Waals surface area contributed by atoms with Gasteiger partial charge in [-0.05, 0) is 61.2 Å². The standard InChI is InChI=1S/C29H25N5O2/c35-28(33-26-14-13-21(18-30-26)34-15-4-5-16-34)20-12-11-19-7-6-10-24(31-25(19)17-20)27-22-8-2-1-3-9-23(22)32-29(27)36/h1-3,6,8-14,17-18H,4-5,7,15-16H2,(H,32,36)(H,30,33,35). The zero-order valence-electron chi connectivity index (χ0n) is 19.7. The molecule has 0 saturated carbocycles. The summed E-state index contributed by atoms with van der Waals surface area (Å²) in [4.78, 5) is 40.3. The van der Waals surface area contributed by atoms with E-state index in [2.05, 4.69) is 20.2 Å². The Hall–Kier alpha value is -4.52. The summed E-state index contributed by atoms with van der Waals surface area (Å²) in [6, 6.07) is 18.8. The summed E-state index contributed by atoms with van der Waals surface area (Å²) in [5.41, 5.74) is 5.73. The first kappa shape index (κ1) is 22.0. The smallest absolute Gasteiger partial charge is 0.258 e. The van der Waals surface area contributed by atoms with Gasteiger partial charge >= 0.3 is 0 Å². The third-order valence-corrected chi connectivity index (χ3v) is 6.70. The third kappa shape index (κ3) is 4.20. The molecule has 1 aromatic carbocycles. The quantitative estimate of drug-likeness (QED) is 0.437. The van der Waals surface area contributed by atoms with Gasteiger partial charge in [0.05, 0.1) is 28.8 Å². The first-order valence-corrected chi connectivity index (χ1v) is 12.2. The van der Waals surface area contributed by atoms with Gasteiger partial charge in [0.25, 0.3) is 11.5 Å². The number of pyridine rings is 1. The lowest BCUT2D eigenvalue weighted by molar-refractivity contribution is 0.102. The van der Waals surface area contributed by atoms with E-state index in [4.69, 9.17) is 4.99 Å². The van der Waals surface area contributed by atoms with Crippen LogP contribution in [0.15, 0.2) is 88.8 Å². The number of fused-ring (bicyclic) bond motifs is 2. The number of hydrogen-bond donors (Lipinski definition) is 2. The lowest BCUT2D eigenvalue weighted by Crippen LogP contribution is -2.18. The molecule has 1 amide bonds. The van der Waals surface area contributed by atoms with E-state index in [0.717, 1.165) is 35.6 Å². The van der Waals surface area contributed by atoms with Crippen molar-refractivity contribution in [1.82, 2.24) is 9.97 Å². The number of aromatic amines is 1. The Balaban J connectivity index is 1.28. The SMILES string of the molecule is O=C(Nc1ccc(N2CCCC2)cn1)c1ccc2c(c1)N=C(c1c3cccccc-3[nH]c1=O)C=CC2. The van der Waals surface area contributed by atoms with Crippen molar-refractivity contribution in [3.8, 4) is 11.3 Å². The summed E-state index contributed by atoms with van der Waals surface area (Å²) in [6.07, 6.45) is 8.74. The Bertz CT molecular complexity index is 1530. The summed E-state index contributed by atoms with van der Waals surface area (Å²) in [7, 11) is 0. The molecule has 3 aliphatic heterocycles. The predicted octanol–water partition coefficient (Wildman–Crippen LogP) is 4.96. The Morgan fingerprint density at radius 2 is 1.86 bits per heavy atom. The Labute approximate surface area is 208 Å². The maximum Gasteiger partial charge on any atom is 0.258 e. The van der Waals surface area contributed by atoms with Crippen molar-refractivity contribution in [2.24, 2.45) is 4.99 Å². The number of benzene rings is 1. The highest BCUT2D eigenvalue weighted by Gasteiger charge is 2.20. The fraction of sp³-hybridized carbons (Fsp3) is 0.172. The van der Waals surface area contributed by atoms with E-state index >= 15 is 0 Å². The van der Waals surface area contributed by atoms with E-state index in [1.165, 1.54) is 12.8 Å². The summed E-state index contributed by atoms with van der Waals surface area (Å²) < 4.78 is 0. The molecule has 0 atom stereocenters. The molecule has 36 heavy (non-hydrogen) atoms. The fourth-order valence-electron chi connectivity index (χ4n) is 4.83. The summed E-state index contributed by atoms with van der Waals surface area (Å²) in [5, 5.41) is 2.89. The van der Waals surface area contributed by atoms with Crippen molar-refractivity contribution in [2.75, 3.05) is 23.3 Å². The number of rotatable bonds is 4. The minimum Gasteiger partial charge on any atom is -0.370 e. The first-order valence-electron chi connectivity index (χ1n) is 12.2. The van der Waals surface area contributed by atoms with Crippen molar-refractivity contribution in [3.05, 3.63) is 106 Å². The number of carbonyl (C=O) groups excluding carboxylic acids is 1. The van der Waals surface area contributed by atoms with Crippen LogP contribution in [0.2, 0.25) is 0 Å². The maximum absolute atomic E-state index is 13.0. The van der Waals surface area contributed by atoms with E-state index < -0.39 is 0 Å². The highest BCUT2D eigenvalue weighted by Crippen LogP contribution is 2.29. The summed E-state index contributed by atoms with van der Waals surface area (Å²) >= 11 is 0. The highest BCUT2D eigenvalue weighted by molar-refractivity contribution is 6.14. The summed E-state index contributed by atoms with van der Waals surface area (Å²) in [5.74, 6) is 0.253. The van der Waals surface area contributed by atoms with Crippen LogP contribution < -0.4 is 15.8 Å². The minimum atomic E-state index is -0.253. The van der Waals surface area contributed by atoms with Crippen LogP contribution in [0.3, 0.4) is 0 Å². The van der Waals surface area contributed by atoms with E-state index in [9.17, 15) is 9.59 Å². The van der Waals surface area contributed by atoms with Crippen molar-refractivity contribution in [3.63, 3.8) is 0 Å². The normalized spacial score (nSPS) is 14.9. The molecular weight excluding hydrogens is 450 g/mol. The minimum absolute atomic E-state index is 0.180. The lowest BCUT2D eigenvalue weighted by atomic mass is 10.1.